The molecule has 0 unspecified atom stereocenters. The third-order valence-corrected chi connectivity index (χ3v) is 6.35. The maximum absolute atomic E-state index is 11.6. The molecule has 1 aliphatic rings. The van der Waals surface area contributed by atoms with Crippen LogP contribution >= 0.6 is 0 Å². The van der Waals surface area contributed by atoms with E-state index < -0.39 is 5.92 Å². The minimum atomic E-state index is -2.50. The summed E-state index contributed by atoms with van der Waals surface area (Å²) in [5.74, 6) is -1.21. The topological polar surface area (TPSA) is 88.6 Å². The van der Waals surface area contributed by atoms with Gasteiger partial charge in [-0.3, -0.25) is 9.78 Å². The summed E-state index contributed by atoms with van der Waals surface area (Å²) in [5.41, 5.74) is 3.53. The second-order valence-corrected chi connectivity index (χ2v) is 11.0. The molecule has 1 aromatic carbocycles. The van der Waals surface area contributed by atoms with Gasteiger partial charge in [0.05, 0.1) is 6.10 Å². The predicted octanol–water partition coefficient (Wildman–Crippen LogP) is 8.62. The Morgan fingerprint density at radius 2 is 1.45 bits per heavy atom. The van der Waals surface area contributed by atoms with Gasteiger partial charge in [-0.2, -0.15) is 0 Å². The van der Waals surface area contributed by atoms with E-state index in [0.717, 1.165) is 96.2 Å². The van der Waals surface area contributed by atoms with Crippen LogP contribution in [0.4, 0.5) is 14.5 Å². The van der Waals surface area contributed by atoms with Crippen LogP contribution in [0, 0.1) is 13.8 Å². The highest BCUT2D eigenvalue weighted by Gasteiger charge is 2.22. The number of pyridine rings is 1. The molecule has 3 rings (SSSR count). The Morgan fingerprint density at radius 1 is 0.932 bits per heavy atom. The zero-order valence-electron chi connectivity index (χ0n) is 28.2. The number of nitrogens with one attached hydrogen (secondary N) is 1. The SMILES string of the molecule is C=O.C=O.CC(C)(F)F.CCCCC(=O)N(CCC)CCC.Cc1ccc(NC2CCC(Oc3ccnc(C)c3)CC2)cc1. The number of rotatable bonds is 11. The fraction of sp³-hybridized carbons (Fsp3) is 0.600. The average molecular weight is 622 g/mol. The van der Waals surface area contributed by atoms with Crippen LogP contribution in [-0.4, -0.2) is 60.5 Å². The number of aromatic nitrogens is 1. The molecule has 1 saturated carbocycles. The number of anilines is 1. The minimum Gasteiger partial charge on any atom is -0.490 e. The Bertz CT molecular complexity index is 965. The molecule has 0 aliphatic heterocycles. The normalized spacial score (nSPS) is 15.2. The van der Waals surface area contributed by atoms with Crippen molar-refractivity contribution in [3.05, 3.63) is 53.9 Å². The van der Waals surface area contributed by atoms with Crippen LogP contribution in [0.1, 0.15) is 104 Å². The van der Waals surface area contributed by atoms with Crippen molar-refractivity contribution >= 4 is 25.2 Å². The van der Waals surface area contributed by atoms with E-state index in [1.54, 1.807) is 0 Å². The molecular formula is C35H57F2N3O4. The maximum Gasteiger partial charge on any atom is 0.242 e. The van der Waals surface area contributed by atoms with E-state index in [2.05, 4.69) is 62.3 Å². The zero-order valence-corrected chi connectivity index (χ0v) is 28.2. The number of aryl methyl sites for hydroxylation is 2. The monoisotopic (exact) mass is 621 g/mol. The Morgan fingerprint density at radius 3 is 1.91 bits per heavy atom. The number of carbonyl (C=O) groups is 3. The molecule has 44 heavy (non-hydrogen) atoms. The first-order valence-electron chi connectivity index (χ1n) is 15.6. The van der Waals surface area contributed by atoms with Crippen molar-refractivity contribution in [3.8, 4) is 5.75 Å². The quantitative estimate of drug-likeness (QED) is 0.270. The van der Waals surface area contributed by atoms with E-state index in [9.17, 15) is 13.6 Å². The van der Waals surface area contributed by atoms with E-state index in [4.69, 9.17) is 14.3 Å². The first kappa shape index (κ1) is 42.8. The third kappa shape index (κ3) is 23.1. The minimum absolute atomic E-state index is 0.331. The molecule has 1 aliphatic carbocycles. The van der Waals surface area contributed by atoms with Crippen LogP contribution in [0.15, 0.2) is 42.6 Å². The van der Waals surface area contributed by atoms with Crippen molar-refractivity contribution in [1.82, 2.24) is 9.88 Å². The summed E-state index contributed by atoms with van der Waals surface area (Å²) in [4.78, 5) is 33.8. The molecular weight excluding hydrogens is 564 g/mol. The number of amides is 1. The van der Waals surface area contributed by atoms with Crippen LogP contribution in [-0.2, 0) is 14.4 Å². The first-order valence-corrected chi connectivity index (χ1v) is 15.6. The van der Waals surface area contributed by atoms with Crippen molar-refractivity contribution in [1.29, 1.82) is 0 Å². The van der Waals surface area contributed by atoms with Gasteiger partial charge in [0, 0.05) is 49.2 Å². The second kappa shape index (κ2) is 26.1. The van der Waals surface area contributed by atoms with Crippen molar-refractivity contribution in [2.75, 3.05) is 18.4 Å². The van der Waals surface area contributed by atoms with Crippen LogP contribution in [0.5, 0.6) is 5.75 Å². The summed E-state index contributed by atoms with van der Waals surface area (Å²) < 4.78 is 28.1. The fourth-order valence-electron chi connectivity index (χ4n) is 4.38. The Balaban J connectivity index is 0. The highest BCUT2D eigenvalue weighted by atomic mass is 19.3. The van der Waals surface area contributed by atoms with Crippen LogP contribution < -0.4 is 10.1 Å². The Kier molecular flexibility index (Phi) is 25.3. The van der Waals surface area contributed by atoms with Crippen molar-refractivity contribution in [2.24, 2.45) is 0 Å². The molecule has 2 aromatic rings. The second-order valence-electron chi connectivity index (χ2n) is 11.0. The number of ether oxygens (including phenoxy) is 1. The summed E-state index contributed by atoms with van der Waals surface area (Å²) >= 11 is 0. The van der Waals surface area contributed by atoms with Gasteiger partial charge < -0.3 is 24.5 Å². The first-order chi connectivity index (χ1) is 20.9. The number of hydrogen-bond donors (Lipinski definition) is 1. The van der Waals surface area contributed by atoms with Gasteiger partial charge in [0.15, 0.2) is 0 Å². The molecule has 250 valence electrons. The molecule has 0 bridgehead atoms. The summed E-state index contributed by atoms with van der Waals surface area (Å²) in [7, 11) is 0. The lowest BCUT2D eigenvalue weighted by molar-refractivity contribution is -0.131. The lowest BCUT2D eigenvalue weighted by Crippen LogP contribution is -2.32. The standard InChI is InChI=1S/C19H24N2O.C11H23NO.C3H6F2.2CH2O/c1-14-3-5-16(6-4-14)21-17-7-9-18(10-8-17)22-19-11-12-20-15(2)13-19;1-4-7-8-11(13)12(9-5-2)10-6-3;1-3(2,4)5;2*1-2/h3-6,11-13,17-18,21H,7-10H2,1-2H3;4-10H2,1-3H3;1-2H3;2*1H2. The van der Waals surface area contributed by atoms with E-state index in [1.807, 2.05) is 43.7 Å². The molecule has 1 amide bonds. The van der Waals surface area contributed by atoms with Gasteiger partial charge in [0.25, 0.3) is 0 Å². The van der Waals surface area contributed by atoms with Crippen LogP contribution in [0.2, 0.25) is 0 Å². The van der Waals surface area contributed by atoms with Gasteiger partial charge in [0.1, 0.15) is 19.3 Å². The van der Waals surface area contributed by atoms with Crippen molar-refractivity contribution in [2.45, 2.75) is 124 Å². The molecule has 7 nitrogen and oxygen atoms in total. The molecule has 0 radical (unpaired) electrons. The number of nitrogens with zero attached hydrogens (tertiary/aromatic N) is 2. The van der Waals surface area contributed by atoms with Gasteiger partial charge in [-0.15, -0.1) is 0 Å². The van der Waals surface area contributed by atoms with Gasteiger partial charge in [-0.05, 0) is 90.8 Å². The van der Waals surface area contributed by atoms with E-state index in [-0.39, 0.29) is 0 Å². The smallest absolute Gasteiger partial charge is 0.242 e. The zero-order chi connectivity index (χ0) is 34.0. The molecule has 9 heteroatoms. The number of hydrogen-bond acceptors (Lipinski definition) is 6. The number of carbonyl (C=O) groups excluding carboxylic acids is 3. The molecule has 1 heterocycles. The Hall–Kier alpha value is -3.36. The third-order valence-electron chi connectivity index (χ3n) is 6.35. The van der Waals surface area contributed by atoms with Crippen LogP contribution in [0.25, 0.3) is 0 Å². The fourth-order valence-corrected chi connectivity index (χ4v) is 4.38. The van der Waals surface area contributed by atoms with Gasteiger partial charge in [0.2, 0.25) is 11.8 Å². The molecule has 0 spiro atoms. The predicted molar refractivity (Wildman–Crippen MR) is 178 cm³/mol. The van der Waals surface area contributed by atoms with E-state index >= 15 is 0 Å². The lowest BCUT2D eigenvalue weighted by atomic mass is 9.92. The van der Waals surface area contributed by atoms with Crippen molar-refractivity contribution < 1.29 is 27.9 Å². The molecule has 0 saturated heterocycles. The van der Waals surface area contributed by atoms with Crippen LogP contribution in [0.3, 0.4) is 0 Å². The van der Waals surface area contributed by atoms with E-state index in [1.165, 1.54) is 11.3 Å². The molecule has 0 atom stereocenters. The number of halogens is 2. The van der Waals surface area contributed by atoms with Gasteiger partial charge in [-0.25, -0.2) is 8.78 Å². The molecule has 1 aromatic heterocycles. The summed E-state index contributed by atoms with van der Waals surface area (Å²) in [6.45, 7) is 18.0. The maximum atomic E-state index is 11.6. The highest BCUT2D eigenvalue weighted by Crippen LogP contribution is 2.26. The van der Waals surface area contributed by atoms with Gasteiger partial charge >= 0.3 is 0 Å². The van der Waals surface area contributed by atoms with E-state index in [0.29, 0.717) is 18.1 Å². The molecule has 1 fully saturated rings. The Labute approximate surface area is 265 Å². The highest BCUT2D eigenvalue weighted by molar-refractivity contribution is 5.76. The number of unbranched alkanes of at least 4 members (excludes halogenated alkanes) is 1. The summed E-state index contributed by atoms with van der Waals surface area (Å²) in [6.07, 6.45) is 11.7. The van der Waals surface area contributed by atoms with Gasteiger partial charge in [-0.1, -0.05) is 44.9 Å². The average Bonchev–Trinajstić information content (AvgIpc) is 2.99. The summed E-state index contributed by atoms with van der Waals surface area (Å²) in [6, 6.07) is 13.2. The lowest BCUT2D eigenvalue weighted by Gasteiger charge is -2.30. The number of alkyl halides is 2. The largest absolute Gasteiger partial charge is 0.490 e. The molecule has 1 N–H and O–H groups in total. The summed E-state index contributed by atoms with van der Waals surface area (Å²) in [5, 5.41) is 3.64. The number of benzene rings is 1. The van der Waals surface area contributed by atoms with Crippen molar-refractivity contribution in [3.63, 3.8) is 0 Å².